The molecule has 110 valence electrons. The minimum Gasteiger partial charge on any atom is -0.338 e. The van der Waals surface area contributed by atoms with Gasteiger partial charge in [-0.25, -0.2) is 4.98 Å². The molecule has 0 bridgehead atoms. The number of aromatic nitrogens is 4. The van der Waals surface area contributed by atoms with Gasteiger partial charge in [-0.3, -0.25) is 4.79 Å². The highest BCUT2D eigenvalue weighted by molar-refractivity contribution is 6.32. The highest BCUT2D eigenvalue weighted by Crippen LogP contribution is 2.26. The second kappa shape index (κ2) is 5.81. The lowest BCUT2D eigenvalue weighted by Gasteiger charge is -2.32. The Morgan fingerprint density at radius 3 is 3.05 bits per heavy atom. The first-order valence-electron chi connectivity index (χ1n) is 6.90. The summed E-state index contributed by atoms with van der Waals surface area (Å²) in [5.74, 6) is 1.07. The molecule has 1 aliphatic heterocycles. The predicted octanol–water partition coefficient (Wildman–Crippen LogP) is 1.88. The zero-order valence-corrected chi connectivity index (χ0v) is 12.5. The van der Waals surface area contributed by atoms with Crippen molar-refractivity contribution in [3.63, 3.8) is 0 Å². The number of aryl methyl sites for hydroxylation is 1. The molecular formula is C14H16ClN5O. The molecule has 2 aromatic heterocycles. The van der Waals surface area contributed by atoms with Crippen molar-refractivity contribution in [3.05, 3.63) is 41.2 Å². The Morgan fingerprint density at radius 1 is 1.48 bits per heavy atom. The lowest BCUT2D eigenvalue weighted by molar-refractivity contribution is 0.0703. The van der Waals surface area contributed by atoms with Crippen LogP contribution in [-0.2, 0) is 7.05 Å². The first-order chi connectivity index (χ1) is 10.2. The number of hydrogen-bond donors (Lipinski definition) is 0. The van der Waals surface area contributed by atoms with Crippen LogP contribution in [-0.4, -0.2) is 43.6 Å². The Bertz CT molecular complexity index is 656. The molecule has 7 heteroatoms. The second-order valence-corrected chi connectivity index (χ2v) is 5.59. The van der Waals surface area contributed by atoms with E-state index in [0.717, 1.165) is 25.2 Å². The number of carbonyl (C=O) groups is 1. The molecule has 0 N–H and O–H groups in total. The lowest BCUT2D eigenvalue weighted by atomic mass is 9.96. The van der Waals surface area contributed by atoms with Crippen molar-refractivity contribution in [1.82, 2.24) is 24.6 Å². The number of nitrogens with zero attached hydrogens (tertiary/aromatic N) is 5. The van der Waals surface area contributed by atoms with E-state index in [9.17, 15) is 4.79 Å². The van der Waals surface area contributed by atoms with Crippen LogP contribution in [0.2, 0.25) is 5.15 Å². The molecule has 21 heavy (non-hydrogen) atoms. The number of carbonyl (C=O) groups excluding carboxylic acids is 1. The van der Waals surface area contributed by atoms with E-state index in [1.165, 1.54) is 0 Å². The molecule has 0 aliphatic carbocycles. The average Bonchev–Trinajstić information content (AvgIpc) is 2.93. The first-order valence-corrected chi connectivity index (χ1v) is 7.28. The molecule has 0 aromatic carbocycles. The van der Waals surface area contributed by atoms with Gasteiger partial charge in [0.2, 0.25) is 0 Å². The summed E-state index contributed by atoms with van der Waals surface area (Å²) >= 11 is 6.01. The Balaban J connectivity index is 1.79. The lowest BCUT2D eigenvalue weighted by Crippen LogP contribution is -2.39. The van der Waals surface area contributed by atoms with E-state index in [-0.39, 0.29) is 17.0 Å². The number of halogens is 1. The quantitative estimate of drug-likeness (QED) is 0.795. The molecule has 6 nitrogen and oxygen atoms in total. The molecule has 0 radical (unpaired) electrons. The number of piperidine rings is 1. The van der Waals surface area contributed by atoms with Crippen molar-refractivity contribution in [2.24, 2.45) is 7.05 Å². The Hall–Kier alpha value is -1.95. The summed E-state index contributed by atoms with van der Waals surface area (Å²) in [5, 5.41) is 8.33. The minimum atomic E-state index is -0.0695. The molecule has 1 aliphatic rings. The van der Waals surface area contributed by atoms with E-state index in [1.54, 1.807) is 24.7 Å². The van der Waals surface area contributed by atoms with Crippen LogP contribution in [0, 0.1) is 0 Å². The summed E-state index contributed by atoms with van der Waals surface area (Å²) in [6.07, 6.45) is 5.23. The zero-order valence-electron chi connectivity index (χ0n) is 11.7. The third-order valence-electron chi connectivity index (χ3n) is 3.81. The normalized spacial score (nSPS) is 18.8. The number of hydrogen-bond acceptors (Lipinski definition) is 4. The maximum Gasteiger partial charge on any atom is 0.257 e. The SMILES string of the molecule is Cn1cnnc1C1CCCN(C(=O)c2cccnc2Cl)C1. The van der Waals surface area contributed by atoms with Gasteiger partial charge in [-0.05, 0) is 25.0 Å². The summed E-state index contributed by atoms with van der Waals surface area (Å²) in [7, 11) is 1.92. The van der Waals surface area contributed by atoms with Crippen LogP contribution in [0.15, 0.2) is 24.7 Å². The van der Waals surface area contributed by atoms with E-state index < -0.39 is 0 Å². The van der Waals surface area contributed by atoms with Crippen molar-refractivity contribution in [2.45, 2.75) is 18.8 Å². The average molecular weight is 306 g/mol. The summed E-state index contributed by atoms with van der Waals surface area (Å²) in [4.78, 5) is 18.4. The third kappa shape index (κ3) is 2.76. The largest absolute Gasteiger partial charge is 0.338 e. The van der Waals surface area contributed by atoms with Crippen LogP contribution in [0.5, 0.6) is 0 Å². The number of likely N-dealkylation sites (tertiary alicyclic amines) is 1. The van der Waals surface area contributed by atoms with Crippen LogP contribution < -0.4 is 0 Å². The van der Waals surface area contributed by atoms with Gasteiger partial charge in [0.15, 0.2) is 0 Å². The van der Waals surface area contributed by atoms with Gasteiger partial charge < -0.3 is 9.47 Å². The third-order valence-corrected chi connectivity index (χ3v) is 4.11. The van der Waals surface area contributed by atoms with Gasteiger partial charge >= 0.3 is 0 Å². The van der Waals surface area contributed by atoms with Crippen molar-refractivity contribution < 1.29 is 4.79 Å². The standard InChI is InChI=1S/C14H16ClN5O/c1-19-9-17-18-13(19)10-4-3-7-20(8-10)14(21)11-5-2-6-16-12(11)15/h2,5-6,9-10H,3-4,7-8H2,1H3. The molecule has 0 spiro atoms. The van der Waals surface area contributed by atoms with Crippen molar-refractivity contribution >= 4 is 17.5 Å². The van der Waals surface area contributed by atoms with E-state index in [0.29, 0.717) is 12.1 Å². The zero-order chi connectivity index (χ0) is 14.8. The fourth-order valence-electron chi connectivity index (χ4n) is 2.75. The smallest absolute Gasteiger partial charge is 0.257 e. The summed E-state index contributed by atoms with van der Waals surface area (Å²) in [5.41, 5.74) is 0.456. The maximum absolute atomic E-state index is 12.6. The fourth-order valence-corrected chi connectivity index (χ4v) is 2.95. The van der Waals surface area contributed by atoms with Gasteiger partial charge in [0.05, 0.1) is 5.56 Å². The molecule has 1 fully saturated rings. The summed E-state index contributed by atoms with van der Waals surface area (Å²) in [6.45, 7) is 1.37. The molecule has 1 unspecified atom stereocenters. The van der Waals surface area contributed by atoms with Crippen molar-refractivity contribution in [1.29, 1.82) is 0 Å². The first kappa shape index (κ1) is 14.0. The predicted molar refractivity (Wildman–Crippen MR) is 78.1 cm³/mol. The Morgan fingerprint density at radius 2 is 2.33 bits per heavy atom. The molecule has 3 heterocycles. The minimum absolute atomic E-state index is 0.0695. The number of pyridine rings is 1. The van der Waals surface area contributed by atoms with Crippen LogP contribution in [0.4, 0.5) is 0 Å². The van der Waals surface area contributed by atoms with Gasteiger partial charge in [-0.15, -0.1) is 10.2 Å². The van der Waals surface area contributed by atoms with Crippen molar-refractivity contribution in [3.8, 4) is 0 Å². The Kier molecular flexibility index (Phi) is 3.88. The van der Waals surface area contributed by atoms with E-state index in [4.69, 9.17) is 11.6 Å². The molecule has 1 amide bonds. The fraction of sp³-hybridized carbons (Fsp3) is 0.429. The van der Waals surface area contributed by atoms with Crippen LogP contribution >= 0.6 is 11.6 Å². The molecule has 2 aromatic rings. The molecule has 0 saturated carbocycles. The van der Waals surface area contributed by atoms with Crippen LogP contribution in [0.3, 0.4) is 0 Å². The summed E-state index contributed by atoms with van der Waals surface area (Å²) in [6, 6.07) is 3.44. The highest BCUT2D eigenvalue weighted by Gasteiger charge is 2.28. The maximum atomic E-state index is 12.6. The number of amides is 1. The van der Waals surface area contributed by atoms with Gasteiger partial charge in [0.1, 0.15) is 17.3 Å². The summed E-state index contributed by atoms with van der Waals surface area (Å²) < 4.78 is 1.91. The molecular weight excluding hydrogens is 290 g/mol. The van der Waals surface area contributed by atoms with E-state index in [1.807, 2.05) is 16.5 Å². The topological polar surface area (TPSA) is 63.9 Å². The second-order valence-electron chi connectivity index (χ2n) is 5.23. The molecule has 1 saturated heterocycles. The van der Waals surface area contributed by atoms with Gasteiger partial charge in [-0.1, -0.05) is 11.6 Å². The molecule has 3 rings (SSSR count). The van der Waals surface area contributed by atoms with Crippen LogP contribution in [0.25, 0.3) is 0 Å². The highest BCUT2D eigenvalue weighted by atomic mass is 35.5. The van der Waals surface area contributed by atoms with E-state index in [2.05, 4.69) is 15.2 Å². The van der Waals surface area contributed by atoms with Gasteiger partial charge in [-0.2, -0.15) is 0 Å². The molecule has 1 atom stereocenters. The van der Waals surface area contributed by atoms with Crippen molar-refractivity contribution in [2.75, 3.05) is 13.1 Å². The Labute approximate surface area is 127 Å². The van der Waals surface area contributed by atoms with E-state index >= 15 is 0 Å². The monoisotopic (exact) mass is 305 g/mol. The van der Waals surface area contributed by atoms with Crippen LogP contribution in [0.1, 0.15) is 34.9 Å². The number of rotatable bonds is 2. The van der Waals surface area contributed by atoms with Gasteiger partial charge in [0.25, 0.3) is 5.91 Å². The van der Waals surface area contributed by atoms with Gasteiger partial charge in [0, 0.05) is 32.3 Å².